The van der Waals surface area contributed by atoms with Crippen molar-refractivity contribution in [2.75, 3.05) is 27.3 Å². The molecule has 0 amide bonds. The van der Waals surface area contributed by atoms with Gasteiger partial charge >= 0.3 is 0 Å². The predicted octanol–water partition coefficient (Wildman–Crippen LogP) is 1.81. The first-order valence-corrected chi connectivity index (χ1v) is 4.77. The molecule has 4 heteroatoms. The Bertz CT molecular complexity index is 304. The summed E-state index contributed by atoms with van der Waals surface area (Å²) >= 11 is 0. The minimum absolute atomic E-state index is 0. The van der Waals surface area contributed by atoms with Crippen LogP contribution in [-0.4, -0.2) is 27.3 Å². The molecule has 1 aliphatic heterocycles. The van der Waals surface area contributed by atoms with Crippen LogP contribution < -0.4 is 14.8 Å². The van der Waals surface area contributed by atoms with E-state index in [9.17, 15) is 0 Å². The molecular weight excluding hydrogens is 214 g/mol. The van der Waals surface area contributed by atoms with E-state index < -0.39 is 0 Å². The molecule has 0 aromatic heterocycles. The zero-order chi connectivity index (χ0) is 9.97. The lowest BCUT2D eigenvalue weighted by Crippen LogP contribution is -2.39. The summed E-state index contributed by atoms with van der Waals surface area (Å²) in [6, 6.07) is 6.05. The van der Waals surface area contributed by atoms with Gasteiger partial charge in [0.25, 0.3) is 0 Å². The summed E-state index contributed by atoms with van der Waals surface area (Å²) in [5.74, 6) is 2.34. The third-order valence-electron chi connectivity index (χ3n) is 2.63. The van der Waals surface area contributed by atoms with E-state index >= 15 is 0 Å². The zero-order valence-electron chi connectivity index (χ0n) is 8.95. The Morgan fingerprint density at radius 2 is 1.60 bits per heavy atom. The molecule has 1 aliphatic rings. The molecule has 0 atom stereocenters. The molecule has 3 nitrogen and oxygen atoms in total. The second-order valence-electron chi connectivity index (χ2n) is 3.50. The average molecular weight is 230 g/mol. The van der Waals surface area contributed by atoms with Crippen molar-refractivity contribution in [3.63, 3.8) is 0 Å². The fourth-order valence-electron chi connectivity index (χ4n) is 1.59. The topological polar surface area (TPSA) is 30.5 Å². The molecule has 0 radical (unpaired) electrons. The van der Waals surface area contributed by atoms with Gasteiger partial charge in [0.2, 0.25) is 0 Å². The van der Waals surface area contributed by atoms with E-state index in [-0.39, 0.29) is 12.4 Å². The molecule has 0 spiro atoms. The molecule has 1 saturated heterocycles. The van der Waals surface area contributed by atoms with Crippen molar-refractivity contribution in [3.05, 3.63) is 23.8 Å². The minimum atomic E-state index is 0. The van der Waals surface area contributed by atoms with Crippen LogP contribution in [-0.2, 0) is 0 Å². The van der Waals surface area contributed by atoms with Crippen LogP contribution in [0.4, 0.5) is 0 Å². The molecule has 0 saturated carbocycles. The van der Waals surface area contributed by atoms with Crippen LogP contribution in [0.2, 0.25) is 0 Å². The van der Waals surface area contributed by atoms with Gasteiger partial charge in [-0.15, -0.1) is 12.4 Å². The highest BCUT2D eigenvalue weighted by Crippen LogP contribution is 2.28. The van der Waals surface area contributed by atoms with Crippen LogP contribution in [0.1, 0.15) is 11.5 Å². The van der Waals surface area contributed by atoms with Gasteiger partial charge < -0.3 is 14.8 Å². The van der Waals surface area contributed by atoms with Crippen molar-refractivity contribution in [2.45, 2.75) is 5.92 Å². The SMILES string of the molecule is COc1cc(OC)cc(C2CNC2)c1.Cl. The summed E-state index contributed by atoms with van der Waals surface area (Å²) in [6.45, 7) is 2.10. The Morgan fingerprint density at radius 3 is 1.93 bits per heavy atom. The molecule has 84 valence electrons. The average Bonchev–Trinajstić information content (AvgIpc) is 2.14. The van der Waals surface area contributed by atoms with Gasteiger partial charge in [0.1, 0.15) is 11.5 Å². The molecule has 15 heavy (non-hydrogen) atoms. The van der Waals surface area contributed by atoms with Gasteiger partial charge in [0, 0.05) is 25.1 Å². The zero-order valence-corrected chi connectivity index (χ0v) is 9.76. The maximum absolute atomic E-state index is 5.22. The largest absolute Gasteiger partial charge is 0.497 e. The Hall–Kier alpha value is -0.930. The van der Waals surface area contributed by atoms with Gasteiger partial charge in [0.15, 0.2) is 0 Å². The summed E-state index contributed by atoms with van der Waals surface area (Å²) in [4.78, 5) is 0. The predicted molar refractivity (Wildman–Crippen MR) is 62.4 cm³/mol. The fraction of sp³-hybridized carbons (Fsp3) is 0.455. The Kier molecular flexibility index (Phi) is 4.24. The van der Waals surface area contributed by atoms with E-state index in [1.54, 1.807) is 14.2 Å². The van der Waals surface area contributed by atoms with Crippen molar-refractivity contribution in [3.8, 4) is 11.5 Å². The second-order valence-corrected chi connectivity index (χ2v) is 3.50. The van der Waals surface area contributed by atoms with Crippen LogP contribution in [0.3, 0.4) is 0 Å². The molecule has 1 aromatic rings. The van der Waals surface area contributed by atoms with Crippen molar-refractivity contribution in [1.82, 2.24) is 5.32 Å². The number of halogens is 1. The maximum Gasteiger partial charge on any atom is 0.122 e. The molecule has 1 fully saturated rings. The lowest BCUT2D eigenvalue weighted by atomic mass is 9.93. The number of nitrogens with one attached hydrogen (secondary N) is 1. The van der Waals surface area contributed by atoms with Gasteiger partial charge in [-0.25, -0.2) is 0 Å². The molecular formula is C11H16ClNO2. The molecule has 1 heterocycles. The Labute approximate surface area is 96.2 Å². The van der Waals surface area contributed by atoms with Crippen LogP contribution in [0.5, 0.6) is 11.5 Å². The number of rotatable bonds is 3. The summed E-state index contributed by atoms with van der Waals surface area (Å²) < 4.78 is 10.4. The monoisotopic (exact) mass is 229 g/mol. The number of benzene rings is 1. The Balaban J connectivity index is 0.00000112. The molecule has 0 bridgehead atoms. The van der Waals surface area contributed by atoms with Gasteiger partial charge in [0.05, 0.1) is 14.2 Å². The highest BCUT2D eigenvalue weighted by molar-refractivity contribution is 5.85. The summed E-state index contributed by atoms with van der Waals surface area (Å²) in [5, 5.41) is 3.25. The van der Waals surface area contributed by atoms with Gasteiger partial charge in [-0.1, -0.05) is 0 Å². The number of methoxy groups -OCH3 is 2. The third kappa shape index (κ3) is 2.55. The summed E-state index contributed by atoms with van der Waals surface area (Å²) in [7, 11) is 3.36. The molecule has 1 aromatic carbocycles. The van der Waals surface area contributed by atoms with E-state index in [0.717, 1.165) is 24.6 Å². The number of hydrogen-bond acceptors (Lipinski definition) is 3. The number of ether oxygens (including phenoxy) is 2. The van der Waals surface area contributed by atoms with E-state index in [4.69, 9.17) is 9.47 Å². The summed E-state index contributed by atoms with van der Waals surface area (Å²) in [5.41, 5.74) is 1.29. The van der Waals surface area contributed by atoms with Crippen LogP contribution in [0.25, 0.3) is 0 Å². The van der Waals surface area contributed by atoms with Crippen molar-refractivity contribution in [2.24, 2.45) is 0 Å². The minimum Gasteiger partial charge on any atom is -0.497 e. The van der Waals surface area contributed by atoms with Crippen LogP contribution >= 0.6 is 12.4 Å². The van der Waals surface area contributed by atoms with E-state index in [1.165, 1.54) is 5.56 Å². The lowest BCUT2D eigenvalue weighted by Gasteiger charge is -2.28. The smallest absolute Gasteiger partial charge is 0.122 e. The van der Waals surface area contributed by atoms with Crippen molar-refractivity contribution in [1.29, 1.82) is 0 Å². The van der Waals surface area contributed by atoms with E-state index in [1.807, 2.05) is 6.07 Å². The maximum atomic E-state index is 5.22. The first-order chi connectivity index (χ1) is 6.83. The van der Waals surface area contributed by atoms with E-state index in [2.05, 4.69) is 17.4 Å². The third-order valence-corrected chi connectivity index (χ3v) is 2.63. The lowest BCUT2D eigenvalue weighted by molar-refractivity contribution is 0.388. The normalized spacial score (nSPS) is 15.1. The van der Waals surface area contributed by atoms with Crippen LogP contribution in [0.15, 0.2) is 18.2 Å². The molecule has 0 aliphatic carbocycles. The van der Waals surface area contributed by atoms with Crippen molar-refractivity contribution < 1.29 is 9.47 Å². The quantitative estimate of drug-likeness (QED) is 0.858. The highest BCUT2D eigenvalue weighted by atomic mass is 35.5. The highest BCUT2D eigenvalue weighted by Gasteiger charge is 2.20. The van der Waals surface area contributed by atoms with Gasteiger partial charge in [-0.05, 0) is 17.7 Å². The number of hydrogen-bond donors (Lipinski definition) is 1. The fourth-order valence-corrected chi connectivity index (χ4v) is 1.59. The first-order valence-electron chi connectivity index (χ1n) is 4.77. The van der Waals surface area contributed by atoms with Gasteiger partial charge in [-0.3, -0.25) is 0 Å². The molecule has 0 unspecified atom stereocenters. The first kappa shape index (κ1) is 12.1. The van der Waals surface area contributed by atoms with Crippen LogP contribution in [0, 0.1) is 0 Å². The Morgan fingerprint density at radius 1 is 1.07 bits per heavy atom. The molecule has 2 rings (SSSR count). The van der Waals surface area contributed by atoms with E-state index in [0.29, 0.717) is 5.92 Å². The van der Waals surface area contributed by atoms with Crippen molar-refractivity contribution >= 4 is 12.4 Å². The van der Waals surface area contributed by atoms with Gasteiger partial charge in [-0.2, -0.15) is 0 Å². The second kappa shape index (κ2) is 5.24. The summed E-state index contributed by atoms with van der Waals surface area (Å²) in [6.07, 6.45) is 0. The standard InChI is InChI=1S/C11H15NO2.ClH/c1-13-10-3-8(9-6-12-7-9)4-11(5-10)14-2;/h3-5,9,12H,6-7H2,1-2H3;1H. The molecule has 1 N–H and O–H groups in total.